The van der Waals surface area contributed by atoms with E-state index in [1.54, 1.807) is 37.2 Å². The van der Waals surface area contributed by atoms with Gasteiger partial charge in [0.2, 0.25) is 5.95 Å². The van der Waals surface area contributed by atoms with Gasteiger partial charge in [0.05, 0.1) is 30.0 Å². The van der Waals surface area contributed by atoms with Crippen molar-refractivity contribution in [3.8, 4) is 11.3 Å². The number of aliphatic hydroxyl groups is 2. The molecular formula is C23H28FN7O4. The van der Waals surface area contributed by atoms with Crippen molar-refractivity contribution in [2.45, 2.75) is 44.8 Å². The Bertz CT molecular complexity index is 1200. The molecule has 0 saturated carbocycles. The number of benzene rings is 1. The number of nitrogens with zero attached hydrogens (tertiary/aromatic N) is 7. The average Bonchev–Trinajstić information content (AvgIpc) is 3.22. The number of aliphatic hydroxyl groups excluding tert-OH is 2. The summed E-state index contributed by atoms with van der Waals surface area (Å²) in [6.07, 6.45) is 0.188. The summed E-state index contributed by atoms with van der Waals surface area (Å²) in [6, 6.07) is 5.85. The maximum atomic E-state index is 13.6. The van der Waals surface area contributed by atoms with Crippen LogP contribution in [0.25, 0.3) is 17.3 Å². The maximum absolute atomic E-state index is 13.6. The number of halogens is 1. The lowest BCUT2D eigenvalue weighted by Gasteiger charge is -2.20. The summed E-state index contributed by atoms with van der Waals surface area (Å²) in [5.74, 6) is -0.873. The van der Waals surface area contributed by atoms with Gasteiger partial charge in [0.1, 0.15) is 5.82 Å². The number of rotatable bonds is 10. The van der Waals surface area contributed by atoms with Crippen molar-refractivity contribution in [1.82, 2.24) is 30.2 Å². The molecule has 0 aliphatic rings. The van der Waals surface area contributed by atoms with Crippen molar-refractivity contribution in [2.24, 2.45) is 7.05 Å². The van der Waals surface area contributed by atoms with Gasteiger partial charge in [0.15, 0.2) is 0 Å². The fourth-order valence-corrected chi connectivity index (χ4v) is 3.50. The van der Waals surface area contributed by atoms with E-state index in [1.165, 1.54) is 22.9 Å². The summed E-state index contributed by atoms with van der Waals surface area (Å²) in [5.41, 5.74) is 2.38. The van der Waals surface area contributed by atoms with E-state index < -0.39 is 30.4 Å². The second kappa shape index (κ2) is 11.1. The van der Waals surface area contributed by atoms with E-state index in [2.05, 4.69) is 15.5 Å². The number of carbonyl (C=O) groups is 1. The van der Waals surface area contributed by atoms with Gasteiger partial charge in [-0.3, -0.25) is 9.69 Å². The predicted octanol–water partition coefficient (Wildman–Crippen LogP) is 2.30. The number of anilines is 2. The SMILES string of the molecule is CC(C)c1nc(N(C)c2nnnn2C)nc(-c2ccc(F)cc2)c1C=C[C@@H](O)C[C@@H](O)CC(=O)O. The highest BCUT2D eigenvalue weighted by molar-refractivity contribution is 5.75. The minimum Gasteiger partial charge on any atom is -0.481 e. The van der Waals surface area contributed by atoms with Gasteiger partial charge in [-0.15, -0.1) is 0 Å². The molecule has 11 nitrogen and oxygen atoms in total. The average molecular weight is 486 g/mol. The highest BCUT2D eigenvalue weighted by atomic mass is 19.1. The topological polar surface area (TPSA) is 150 Å². The fourth-order valence-electron chi connectivity index (χ4n) is 3.50. The Morgan fingerprint density at radius 1 is 1.20 bits per heavy atom. The predicted molar refractivity (Wildman–Crippen MR) is 126 cm³/mol. The molecular weight excluding hydrogens is 457 g/mol. The Labute approximate surface area is 201 Å². The molecule has 2 atom stereocenters. The molecule has 0 amide bonds. The van der Waals surface area contributed by atoms with Gasteiger partial charge < -0.3 is 15.3 Å². The Morgan fingerprint density at radius 2 is 1.89 bits per heavy atom. The van der Waals surface area contributed by atoms with Crippen molar-refractivity contribution < 1.29 is 24.5 Å². The normalized spacial score (nSPS) is 13.4. The zero-order valence-electron chi connectivity index (χ0n) is 19.9. The molecule has 0 bridgehead atoms. The largest absolute Gasteiger partial charge is 0.481 e. The van der Waals surface area contributed by atoms with Gasteiger partial charge in [-0.1, -0.05) is 31.1 Å². The van der Waals surface area contributed by atoms with Crippen molar-refractivity contribution in [3.63, 3.8) is 0 Å². The summed E-state index contributed by atoms with van der Waals surface area (Å²) in [5, 5.41) is 40.5. The van der Waals surface area contributed by atoms with Crippen molar-refractivity contribution in [3.05, 3.63) is 47.4 Å². The molecule has 0 spiro atoms. The molecule has 186 valence electrons. The van der Waals surface area contributed by atoms with E-state index >= 15 is 0 Å². The lowest BCUT2D eigenvalue weighted by Crippen LogP contribution is -2.20. The molecule has 3 N–H and O–H groups in total. The van der Waals surface area contributed by atoms with Gasteiger partial charge in [-0.2, -0.15) is 0 Å². The van der Waals surface area contributed by atoms with Crippen LogP contribution in [-0.2, 0) is 11.8 Å². The van der Waals surface area contributed by atoms with E-state index in [0.29, 0.717) is 34.4 Å². The number of tetrazole rings is 1. The summed E-state index contributed by atoms with van der Waals surface area (Å²) < 4.78 is 15.1. The van der Waals surface area contributed by atoms with Crippen LogP contribution in [0.1, 0.15) is 43.9 Å². The van der Waals surface area contributed by atoms with Crippen LogP contribution in [0.3, 0.4) is 0 Å². The van der Waals surface area contributed by atoms with Crippen molar-refractivity contribution in [2.75, 3.05) is 11.9 Å². The third-order valence-electron chi connectivity index (χ3n) is 5.23. The maximum Gasteiger partial charge on any atom is 0.305 e. The van der Waals surface area contributed by atoms with Gasteiger partial charge in [0, 0.05) is 31.6 Å². The quantitative estimate of drug-likeness (QED) is 0.390. The first-order valence-electron chi connectivity index (χ1n) is 11.0. The first-order valence-corrected chi connectivity index (χ1v) is 11.0. The van der Waals surface area contributed by atoms with E-state index in [1.807, 2.05) is 13.8 Å². The highest BCUT2D eigenvalue weighted by Gasteiger charge is 2.22. The number of aliphatic carboxylic acids is 1. The third-order valence-corrected chi connectivity index (χ3v) is 5.23. The van der Waals surface area contributed by atoms with E-state index in [9.17, 15) is 19.4 Å². The number of aryl methyl sites for hydroxylation is 1. The minimum atomic E-state index is -1.19. The molecule has 12 heteroatoms. The molecule has 0 aliphatic heterocycles. The Morgan fingerprint density at radius 3 is 2.46 bits per heavy atom. The van der Waals surface area contributed by atoms with E-state index in [4.69, 9.17) is 15.1 Å². The second-order valence-electron chi connectivity index (χ2n) is 8.41. The Balaban J connectivity index is 2.09. The molecule has 1 aromatic carbocycles. The van der Waals surface area contributed by atoms with Crippen LogP contribution in [0.4, 0.5) is 16.3 Å². The fraction of sp³-hybridized carbons (Fsp3) is 0.391. The van der Waals surface area contributed by atoms with Crippen LogP contribution in [0.5, 0.6) is 0 Å². The molecule has 0 radical (unpaired) electrons. The smallest absolute Gasteiger partial charge is 0.305 e. The van der Waals surface area contributed by atoms with E-state index in [0.717, 1.165) is 0 Å². The molecule has 2 heterocycles. The summed E-state index contributed by atoms with van der Waals surface area (Å²) in [7, 11) is 3.41. The number of carboxylic acid groups (broad SMARTS) is 1. The lowest BCUT2D eigenvalue weighted by atomic mass is 9.97. The zero-order valence-corrected chi connectivity index (χ0v) is 19.9. The van der Waals surface area contributed by atoms with Crippen LogP contribution in [-0.4, -0.2) is 70.7 Å². The Kier molecular flexibility index (Phi) is 8.20. The first kappa shape index (κ1) is 25.8. The third kappa shape index (κ3) is 6.43. The van der Waals surface area contributed by atoms with Crippen LogP contribution < -0.4 is 4.90 Å². The first-order chi connectivity index (χ1) is 16.6. The molecule has 2 aromatic heterocycles. The zero-order chi connectivity index (χ0) is 25.7. The van der Waals surface area contributed by atoms with Crippen LogP contribution in [0.15, 0.2) is 30.3 Å². The van der Waals surface area contributed by atoms with E-state index in [-0.39, 0.29) is 12.3 Å². The molecule has 0 saturated heterocycles. The van der Waals surface area contributed by atoms with Gasteiger partial charge in [-0.05, 0) is 40.6 Å². The molecule has 3 aromatic rings. The van der Waals surface area contributed by atoms with Gasteiger partial charge in [0.25, 0.3) is 5.95 Å². The highest BCUT2D eigenvalue weighted by Crippen LogP contribution is 2.32. The monoisotopic (exact) mass is 485 g/mol. The minimum absolute atomic E-state index is 0.0589. The van der Waals surface area contributed by atoms with Crippen molar-refractivity contribution >= 4 is 23.9 Å². The second-order valence-corrected chi connectivity index (χ2v) is 8.41. The van der Waals surface area contributed by atoms with Gasteiger partial charge >= 0.3 is 5.97 Å². The van der Waals surface area contributed by atoms with Crippen molar-refractivity contribution in [1.29, 1.82) is 0 Å². The van der Waals surface area contributed by atoms with Gasteiger partial charge in [-0.25, -0.2) is 19.0 Å². The van der Waals surface area contributed by atoms with Crippen LogP contribution in [0.2, 0.25) is 0 Å². The Hall–Kier alpha value is -3.77. The lowest BCUT2D eigenvalue weighted by molar-refractivity contribution is -0.139. The molecule has 0 fully saturated rings. The number of hydrogen-bond acceptors (Lipinski definition) is 9. The molecule has 3 rings (SSSR count). The number of aromatic nitrogens is 6. The standard InChI is InChI=1S/C23H28FN7O4/c1-13(2)20-18(10-9-16(32)11-17(33)12-19(34)35)21(14-5-7-15(24)8-6-14)26-22(25-20)30(3)23-27-28-29-31(23)4/h5-10,13,16-17,32-33H,11-12H2,1-4H3,(H,34,35)/t16-,17-/m1/s1. The molecule has 0 aliphatic carbocycles. The van der Waals surface area contributed by atoms with Crippen LogP contribution in [0, 0.1) is 5.82 Å². The number of hydrogen-bond donors (Lipinski definition) is 3. The summed E-state index contributed by atoms with van der Waals surface area (Å²) >= 11 is 0. The molecule has 0 unspecified atom stereocenters. The summed E-state index contributed by atoms with van der Waals surface area (Å²) in [6.45, 7) is 3.91. The number of carboxylic acids is 1. The van der Waals surface area contributed by atoms with Crippen LogP contribution >= 0.6 is 0 Å². The molecule has 35 heavy (non-hydrogen) atoms. The summed E-state index contributed by atoms with van der Waals surface area (Å²) in [4.78, 5) is 21.9.